The molecular formula is C11H16BrF2NOS. The zero-order valence-electron chi connectivity index (χ0n) is 9.80. The molecule has 1 aromatic heterocycles. The third-order valence-corrected chi connectivity index (χ3v) is 4.38. The van der Waals surface area contributed by atoms with E-state index in [9.17, 15) is 8.78 Å². The summed E-state index contributed by atoms with van der Waals surface area (Å²) in [5.41, 5.74) is 0. The number of hydrogen-bond acceptors (Lipinski definition) is 3. The molecule has 1 rings (SSSR count). The van der Waals surface area contributed by atoms with Crippen molar-refractivity contribution in [2.75, 3.05) is 20.3 Å². The minimum atomic E-state index is -2.39. The van der Waals surface area contributed by atoms with Crippen molar-refractivity contribution < 1.29 is 13.5 Å². The van der Waals surface area contributed by atoms with Gasteiger partial charge in [0.25, 0.3) is 6.43 Å². The number of rotatable bonds is 7. The first-order valence-electron chi connectivity index (χ1n) is 5.33. The summed E-state index contributed by atoms with van der Waals surface area (Å²) in [4.78, 5) is 2.41. The molecule has 1 atom stereocenters. The Morgan fingerprint density at radius 1 is 1.53 bits per heavy atom. The second-order valence-corrected chi connectivity index (χ2v) is 5.81. The smallest absolute Gasteiger partial charge is 0.261 e. The molecule has 2 nitrogen and oxygen atoms in total. The monoisotopic (exact) mass is 327 g/mol. The van der Waals surface area contributed by atoms with E-state index < -0.39 is 13.0 Å². The van der Waals surface area contributed by atoms with Crippen molar-refractivity contribution in [2.45, 2.75) is 25.8 Å². The van der Waals surface area contributed by atoms with Gasteiger partial charge in [-0.25, -0.2) is 8.78 Å². The van der Waals surface area contributed by atoms with Crippen molar-refractivity contribution in [2.24, 2.45) is 0 Å². The third-order valence-electron chi connectivity index (χ3n) is 2.30. The van der Waals surface area contributed by atoms with Gasteiger partial charge in [0.2, 0.25) is 0 Å². The fourth-order valence-electron chi connectivity index (χ4n) is 1.52. The van der Waals surface area contributed by atoms with Crippen LogP contribution >= 0.6 is 27.3 Å². The van der Waals surface area contributed by atoms with E-state index >= 15 is 0 Å². The summed E-state index contributed by atoms with van der Waals surface area (Å²) in [5.74, 6) is 0. The molecule has 6 heteroatoms. The highest BCUT2D eigenvalue weighted by Gasteiger charge is 2.15. The number of hydrogen-bond donors (Lipinski definition) is 1. The van der Waals surface area contributed by atoms with E-state index in [-0.39, 0.29) is 6.04 Å². The molecule has 0 saturated carbocycles. The lowest BCUT2D eigenvalue weighted by Crippen LogP contribution is -2.18. The summed E-state index contributed by atoms with van der Waals surface area (Å²) in [6.07, 6.45) is -1.71. The molecule has 0 fully saturated rings. The van der Waals surface area contributed by atoms with Crippen LogP contribution in [0.25, 0.3) is 0 Å². The quantitative estimate of drug-likeness (QED) is 0.770. The number of thiophene rings is 1. The third kappa shape index (κ3) is 4.99. The summed E-state index contributed by atoms with van der Waals surface area (Å²) in [6, 6.07) is 2.20. The summed E-state index contributed by atoms with van der Waals surface area (Å²) >= 11 is 5.20. The first-order valence-corrected chi connectivity index (χ1v) is 6.94. The molecule has 0 radical (unpaired) electrons. The molecule has 0 amide bonds. The molecule has 1 heterocycles. The van der Waals surface area contributed by atoms with Crippen LogP contribution in [0.3, 0.4) is 0 Å². The van der Waals surface area contributed by atoms with E-state index in [2.05, 4.69) is 27.3 Å². The fourth-order valence-corrected chi connectivity index (χ4v) is 3.59. The second kappa shape index (κ2) is 7.41. The Labute approximate surface area is 112 Å². The van der Waals surface area contributed by atoms with Crippen LogP contribution in [-0.4, -0.2) is 26.7 Å². The van der Waals surface area contributed by atoms with Gasteiger partial charge in [0.15, 0.2) is 0 Å². The minimum absolute atomic E-state index is 0.140. The highest BCUT2D eigenvalue weighted by atomic mass is 79.9. The van der Waals surface area contributed by atoms with Crippen molar-refractivity contribution >= 4 is 27.3 Å². The van der Waals surface area contributed by atoms with Crippen LogP contribution in [0.5, 0.6) is 0 Å². The SMILES string of the molecule is CNC(CCOCC(F)F)c1sc(C)cc1Br. The Balaban J connectivity index is 2.46. The van der Waals surface area contributed by atoms with Crippen molar-refractivity contribution in [1.82, 2.24) is 5.32 Å². The van der Waals surface area contributed by atoms with Gasteiger partial charge >= 0.3 is 0 Å². The first kappa shape index (κ1) is 15.0. The second-order valence-electron chi connectivity index (χ2n) is 3.67. The molecule has 0 saturated heterocycles. The predicted molar refractivity (Wildman–Crippen MR) is 70.0 cm³/mol. The van der Waals surface area contributed by atoms with E-state index in [1.54, 1.807) is 11.3 Å². The zero-order chi connectivity index (χ0) is 12.8. The van der Waals surface area contributed by atoms with Crippen molar-refractivity contribution in [3.8, 4) is 0 Å². The number of nitrogens with one attached hydrogen (secondary N) is 1. The maximum atomic E-state index is 11.9. The summed E-state index contributed by atoms with van der Waals surface area (Å²) in [6.45, 7) is 1.89. The number of aryl methyl sites for hydroxylation is 1. The lowest BCUT2D eigenvalue weighted by atomic mass is 10.2. The van der Waals surface area contributed by atoms with E-state index in [1.807, 2.05) is 14.0 Å². The van der Waals surface area contributed by atoms with Gasteiger partial charge in [-0.15, -0.1) is 11.3 Å². The Morgan fingerprint density at radius 3 is 2.71 bits per heavy atom. The molecule has 0 bridgehead atoms. The lowest BCUT2D eigenvalue weighted by molar-refractivity contribution is 0.0146. The molecule has 1 N–H and O–H groups in total. The van der Waals surface area contributed by atoms with E-state index in [1.165, 1.54) is 9.75 Å². The maximum Gasteiger partial charge on any atom is 0.261 e. The normalized spacial score (nSPS) is 13.3. The number of alkyl halides is 2. The van der Waals surface area contributed by atoms with Gasteiger partial charge in [-0.1, -0.05) is 0 Å². The van der Waals surface area contributed by atoms with Crippen LogP contribution < -0.4 is 5.32 Å². The highest BCUT2D eigenvalue weighted by molar-refractivity contribution is 9.10. The summed E-state index contributed by atoms with van der Waals surface area (Å²) in [5, 5.41) is 3.17. The van der Waals surface area contributed by atoms with Gasteiger partial charge in [-0.05, 0) is 42.4 Å². The average molecular weight is 328 g/mol. The van der Waals surface area contributed by atoms with Crippen molar-refractivity contribution in [3.05, 3.63) is 20.3 Å². The standard InChI is InChI=1S/C11H16BrF2NOS/c1-7-5-8(12)11(17-7)9(15-2)3-4-16-6-10(13)14/h5,9-10,15H,3-4,6H2,1-2H3. The van der Waals surface area contributed by atoms with Crippen LogP contribution in [0, 0.1) is 6.92 Å². The molecule has 17 heavy (non-hydrogen) atoms. The minimum Gasteiger partial charge on any atom is -0.375 e. The molecule has 0 aliphatic rings. The molecule has 0 aromatic carbocycles. The molecule has 0 aliphatic heterocycles. The lowest BCUT2D eigenvalue weighted by Gasteiger charge is -2.15. The number of halogens is 3. The van der Waals surface area contributed by atoms with Gasteiger partial charge < -0.3 is 10.1 Å². The Morgan fingerprint density at radius 2 is 2.24 bits per heavy atom. The Bertz CT molecular complexity index is 346. The molecule has 1 unspecified atom stereocenters. The summed E-state index contributed by atoms with van der Waals surface area (Å²) < 4.78 is 29.7. The van der Waals surface area contributed by atoms with Gasteiger partial charge in [0.1, 0.15) is 6.61 Å². The van der Waals surface area contributed by atoms with E-state index in [4.69, 9.17) is 4.74 Å². The Kier molecular flexibility index (Phi) is 6.54. The van der Waals surface area contributed by atoms with Gasteiger partial charge in [0, 0.05) is 26.9 Å². The van der Waals surface area contributed by atoms with Crippen LogP contribution in [0.1, 0.15) is 22.2 Å². The largest absolute Gasteiger partial charge is 0.375 e. The molecule has 1 aromatic rings. The first-order chi connectivity index (χ1) is 8.04. The highest BCUT2D eigenvalue weighted by Crippen LogP contribution is 2.33. The maximum absolute atomic E-state index is 11.9. The average Bonchev–Trinajstić information content (AvgIpc) is 2.58. The van der Waals surface area contributed by atoms with Crippen molar-refractivity contribution in [3.63, 3.8) is 0 Å². The van der Waals surface area contributed by atoms with E-state index in [0.717, 1.165) is 4.47 Å². The number of ether oxygens (including phenoxy) is 1. The molecule has 0 aliphatic carbocycles. The van der Waals surface area contributed by atoms with Crippen LogP contribution in [0.15, 0.2) is 10.5 Å². The van der Waals surface area contributed by atoms with Gasteiger partial charge in [-0.2, -0.15) is 0 Å². The van der Waals surface area contributed by atoms with Crippen LogP contribution in [-0.2, 0) is 4.74 Å². The molecule has 0 spiro atoms. The summed E-state index contributed by atoms with van der Waals surface area (Å²) in [7, 11) is 1.86. The molecular weight excluding hydrogens is 312 g/mol. The van der Waals surface area contributed by atoms with Gasteiger partial charge in [0.05, 0.1) is 0 Å². The fraction of sp³-hybridized carbons (Fsp3) is 0.636. The van der Waals surface area contributed by atoms with Crippen LogP contribution in [0.2, 0.25) is 0 Å². The predicted octanol–water partition coefficient (Wildman–Crippen LogP) is 3.75. The topological polar surface area (TPSA) is 21.3 Å². The van der Waals surface area contributed by atoms with Crippen molar-refractivity contribution in [1.29, 1.82) is 0 Å². The molecule has 98 valence electrons. The Hall–Kier alpha value is -0.0400. The zero-order valence-corrected chi connectivity index (χ0v) is 12.2. The van der Waals surface area contributed by atoms with Gasteiger partial charge in [-0.3, -0.25) is 0 Å². The van der Waals surface area contributed by atoms with Crippen LogP contribution in [0.4, 0.5) is 8.78 Å². The van der Waals surface area contributed by atoms with E-state index in [0.29, 0.717) is 13.0 Å².